The number of rotatable bonds is 4. The predicted octanol–water partition coefficient (Wildman–Crippen LogP) is 1.11. The highest BCUT2D eigenvalue weighted by molar-refractivity contribution is 5.99. The van der Waals surface area contributed by atoms with Gasteiger partial charge in [-0.1, -0.05) is 0 Å². The molecule has 8 nitrogen and oxygen atoms in total. The molecule has 132 valence electrons. The van der Waals surface area contributed by atoms with Gasteiger partial charge < -0.3 is 24.6 Å². The van der Waals surface area contributed by atoms with E-state index < -0.39 is 24.4 Å². The fraction of sp³-hybridized carbons (Fsp3) is 0.500. The van der Waals surface area contributed by atoms with Gasteiger partial charge in [-0.05, 0) is 39.0 Å². The van der Waals surface area contributed by atoms with Crippen molar-refractivity contribution in [2.45, 2.75) is 32.5 Å². The Kier molecular flexibility index (Phi) is 5.30. The Morgan fingerprint density at radius 1 is 1.46 bits per heavy atom. The van der Waals surface area contributed by atoms with Gasteiger partial charge in [-0.25, -0.2) is 4.79 Å². The summed E-state index contributed by atoms with van der Waals surface area (Å²) in [6.07, 6.45) is -1.69. The van der Waals surface area contributed by atoms with E-state index >= 15 is 0 Å². The molecule has 3 N–H and O–H groups in total. The van der Waals surface area contributed by atoms with Crippen LogP contribution in [-0.2, 0) is 9.53 Å². The summed E-state index contributed by atoms with van der Waals surface area (Å²) in [4.78, 5) is 25.2. The van der Waals surface area contributed by atoms with Crippen molar-refractivity contribution in [3.8, 4) is 5.75 Å². The molecule has 2 amide bonds. The monoisotopic (exact) mass is 338 g/mol. The maximum atomic E-state index is 12.0. The standard InChI is InChI=1S/C16H22N2O6/c1-16(2,3)24-15(22)17-10-4-5-13-12(6-10)18(7-11(20)8-19)14(21)9-23-13/h4-6,11,19-20H,7-9H2,1-3H3,(H,17,22). The normalized spacial score (nSPS) is 15.4. The third-order valence-corrected chi connectivity index (χ3v) is 3.15. The number of aliphatic hydroxyl groups is 2. The minimum Gasteiger partial charge on any atom is -0.482 e. The summed E-state index contributed by atoms with van der Waals surface area (Å²) in [5, 5.41) is 21.2. The molecule has 0 aromatic heterocycles. The predicted molar refractivity (Wildman–Crippen MR) is 87.2 cm³/mol. The molecule has 0 fully saturated rings. The van der Waals surface area contributed by atoms with Crippen LogP contribution in [0.1, 0.15) is 20.8 Å². The Morgan fingerprint density at radius 3 is 2.79 bits per heavy atom. The minimum atomic E-state index is -1.07. The van der Waals surface area contributed by atoms with Crippen LogP contribution in [0.3, 0.4) is 0 Å². The maximum absolute atomic E-state index is 12.0. The molecule has 0 aliphatic carbocycles. The summed E-state index contributed by atoms with van der Waals surface area (Å²) in [5.74, 6) is 0.110. The van der Waals surface area contributed by atoms with Crippen LogP contribution in [0.15, 0.2) is 18.2 Å². The fourth-order valence-corrected chi connectivity index (χ4v) is 2.17. The summed E-state index contributed by atoms with van der Waals surface area (Å²) in [5.41, 5.74) is 0.200. The number of β-amino-alcohol motifs (C(OH)–C–C–N with tert-alkyl or cyclic N) is 1. The van der Waals surface area contributed by atoms with Crippen LogP contribution in [0.4, 0.5) is 16.2 Å². The summed E-state index contributed by atoms with van der Waals surface area (Å²) in [7, 11) is 0. The third-order valence-electron chi connectivity index (χ3n) is 3.15. The van der Waals surface area contributed by atoms with E-state index in [1.165, 1.54) is 4.90 Å². The van der Waals surface area contributed by atoms with Crippen LogP contribution in [0.2, 0.25) is 0 Å². The first-order valence-electron chi connectivity index (χ1n) is 7.56. The molecular weight excluding hydrogens is 316 g/mol. The molecule has 8 heteroatoms. The smallest absolute Gasteiger partial charge is 0.412 e. The Balaban J connectivity index is 2.21. The number of aliphatic hydroxyl groups excluding tert-OH is 2. The first-order valence-corrected chi connectivity index (χ1v) is 7.56. The molecule has 0 bridgehead atoms. The van der Waals surface area contributed by atoms with E-state index in [2.05, 4.69) is 5.32 Å². The summed E-state index contributed by atoms with van der Waals surface area (Å²) in [6.45, 7) is 4.58. The van der Waals surface area contributed by atoms with Gasteiger partial charge >= 0.3 is 6.09 Å². The van der Waals surface area contributed by atoms with Gasteiger partial charge in [0.2, 0.25) is 0 Å². The Bertz CT molecular complexity index is 625. The highest BCUT2D eigenvalue weighted by atomic mass is 16.6. The first-order chi connectivity index (χ1) is 11.2. The van der Waals surface area contributed by atoms with E-state index in [4.69, 9.17) is 14.6 Å². The lowest BCUT2D eigenvalue weighted by Crippen LogP contribution is -2.44. The lowest BCUT2D eigenvalue weighted by molar-refractivity contribution is -0.121. The zero-order valence-corrected chi connectivity index (χ0v) is 13.9. The average Bonchev–Trinajstić information content (AvgIpc) is 2.48. The molecule has 0 spiro atoms. The molecule has 0 radical (unpaired) electrons. The number of hydrogen-bond donors (Lipinski definition) is 3. The second-order valence-electron chi connectivity index (χ2n) is 6.44. The largest absolute Gasteiger partial charge is 0.482 e. The minimum absolute atomic E-state index is 0.0679. The van der Waals surface area contributed by atoms with Crippen LogP contribution < -0.4 is 15.0 Å². The molecule has 1 aliphatic rings. The van der Waals surface area contributed by atoms with E-state index in [0.29, 0.717) is 17.1 Å². The van der Waals surface area contributed by atoms with Crippen molar-refractivity contribution in [1.29, 1.82) is 0 Å². The molecule has 1 aromatic carbocycles. The van der Waals surface area contributed by atoms with E-state index in [-0.39, 0.29) is 19.1 Å². The number of hydrogen-bond acceptors (Lipinski definition) is 6. The number of anilines is 2. The van der Waals surface area contributed by atoms with Gasteiger partial charge in [0.05, 0.1) is 24.9 Å². The first kappa shape index (κ1) is 18.0. The van der Waals surface area contributed by atoms with Crippen molar-refractivity contribution in [3.05, 3.63) is 18.2 Å². The zero-order valence-electron chi connectivity index (χ0n) is 13.9. The van der Waals surface area contributed by atoms with E-state index in [0.717, 1.165) is 0 Å². The number of carbonyl (C=O) groups excluding carboxylic acids is 2. The number of ether oxygens (including phenoxy) is 2. The molecule has 1 aromatic rings. The van der Waals surface area contributed by atoms with Gasteiger partial charge in [0.15, 0.2) is 6.61 Å². The highest BCUT2D eigenvalue weighted by Gasteiger charge is 2.28. The highest BCUT2D eigenvalue weighted by Crippen LogP contribution is 2.34. The van der Waals surface area contributed by atoms with Crippen molar-refractivity contribution < 1.29 is 29.3 Å². The molecule has 1 aliphatic heterocycles. The number of nitrogens with zero attached hydrogens (tertiary/aromatic N) is 1. The van der Waals surface area contributed by atoms with Crippen molar-refractivity contribution in [2.24, 2.45) is 0 Å². The van der Waals surface area contributed by atoms with Crippen LogP contribution >= 0.6 is 0 Å². The molecule has 24 heavy (non-hydrogen) atoms. The lowest BCUT2D eigenvalue weighted by Gasteiger charge is -2.31. The molecule has 1 atom stereocenters. The van der Waals surface area contributed by atoms with E-state index in [1.807, 2.05) is 0 Å². The molecule has 0 saturated heterocycles. The Hall–Kier alpha value is -2.32. The second-order valence-corrected chi connectivity index (χ2v) is 6.44. The van der Waals surface area contributed by atoms with Crippen molar-refractivity contribution >= 4 is 23.4 Å². The molecule has 0 saturated carbocycles. The number of benzene rings is 1. The van der Waals surface area contributed by atoms with Gasteiger partial charge in [-0.2, -0.15) is 0 Å². The van der Waals surface area contributed by atoms with Gasteiger partial charge in [0.1, 0.15) is 11.4 Å². The summed E-state index contributed by atoms with van der Waals surface area (Å²) < 4.78 is 10.5. The summed E-state index contributed by atoms with van der Waals surface area (Å²) >= 11 is 0. The van der Waals surface area contributed by atoms with Crippen LogP contribution in [-0.4, -0.2) is 53.7 Å². The SMILES string of the molecule is CC(C)(C)OC(=O)Nc1ccc2c(c1)N(CC(O)CO)C(=O)CO2. The van der Waals surface area contributed by atoms with Gasteiger partial charge in [0.25, 0.3) is 5.91 Å². The topological polar surface area (TPSA) is 108 Å². The number of nitrogens with one attached hydrogen (secondary N) is 1. The quantitative estimate of drug-likeness (QED) is 0.759. The van der Waals surface area contributed by atoms with Crippen molar-refractivity contribution in [3.63, 3.8) is 0 Å². The Labute approximate surface area is 140 Å². The average molecular weight is 338 g/mol. The summed E-state index contributed by atoms with van der Waals surface area (Å²) in [6, 6.07) is 4.80. The van der Waals surface area contributed by atoms with Gasteiger partial charge in [-0.3, -0.25) is 10.1 Å². The van der Waals surface area contributed by atoms with Crippen LogP contribution in [0.25, 0.3) is 0 Å². The number of fused-ring (bicyclic) bond motifs is 1. The third kappa shape index (κ3) is 4.59. The van der Waals surface area contributed by atoms with Crippen LogP contribution in [0, 0.1) is 0 Å². The van der Waals surface area contributed by atoms with E-state index in [9.17, 15) is 14.7 Å². The van der Waals surface area contributed by atoms with Crippen molar-refractivity contribution in [2.75, 3.05) is 30.0 Å². The fourth-order valence-electron chi connectivity index (χ4n) is 2.17. The van der Waals surface area contributed by atoms with Gasteiger partial charge in [0, 0.05) is 5.69 Å². The molecule has 1 heterocycles. The second kappa shape index (κ2) is 7.06. The number of amides is 2. The van der Waals surface area contributed by atoms with Crippen molar-refractivity contribution in [1.82, 2.24) is 0 Å². The van der Waals surface area contributed by atoms with E-state index in [1.54, 1.807) is 39.0 Å². The molecule has 1 unspecified atom stereocenters. The number of carbonyl (C=O) groups is 2. The zero-order chi connectivity index (χ0) is 17.9. The maximum Gasteiger partial charge on any atom is 0.412 e. The lowest BCUT2D eigenvalue weighted by atomic mass is 10.2. The molecule has 2 rings (SSSR count). The van der Waals surface area contributed by atoms with Crippen LogP contribution in [0.5, 0.6) is 5.75 Å². The molecular formula is C16H22N2O6. The van der Waals surface area contributed by atoms with Gasteiger partial charge in [-0.15, -0.1) is 0 Å². The Morgan fingerprint density at radius 2 is 2.17 bits per heavy atom.